The number of methoxy groups -OCH3 is 1. The molecule has 0 radical (unpaired) electrons. The molecule has 0 saturated carbocycles. The lowest BCUT2D eigenvalue weighted by molar-refractivity contribution is 0.0231. The summed E-state index contributed by atoms with van der Waals surface area (Å²) in [5.41, 5.74) is 0.256. The van der Waals surface area contributed by atoms with Gasteiger partial charge in [0.05, 0.1) is 0 Å². The Hall–Kier alpha value is -0.120. The molecule has 0 aromatic heterocycles. The zero-order valence-corrected chi connectivity index (χ0v) is 15.7. The van der Waals surface area contributed by atoms with Gasteiger partial charge >= 0.3 is 0 Å². The van der Waals surface area contributed by atoms with Crippen molar-refractivity contribution in [1.82, 2.24) is 10.2 Å². The van der Waals surface area contributed by atoms with Crippen molar-refractivity contribution in [2.45, 2.75) is 78.8 Å². The Balaban J connectivity index is 5.34. The van der Waals surface area contributed by atoms with E-state index in [9.17, 15) is 0 Å². The van der Waals surface area contributed by atoms with Crippen molar-refractivity contribution >= 4 is 0 Å². The summed E-state index contributed by atoms with van der Waals surface area (Å²) < 4.78 is 5.32. The first-order chi connectivity index (χ1) is 10.1. The van der Waals surface area contributed by atoms with Gasteiger partial charge in [-0.25, -0.2) is 0 Å². The van der Waals surface area contributed by atoms with E-state index in [1.54, 1.807) is 7.11 Å². The molecular formula is C18H40N2O. The summed E-state index contributed by atoms with van der Waals surface area (Å²) in [6.45, 7) is 18.1. The number of rotatable bonds is 13. The van der Waals surface area contributed by atoms with Gasteiger partial charge in [0.25, 0.3) is 0 Å². The number of likely N-dealkylation sites (N-methyl/N-ethyl adjacent to an activating group) is 1. The minimum Gasteiger partial charge on any atom is -0.385 e. The lowest BCUT2D eigenvalue weighted by atomic mass is 9.75. The van der Waals surface area contributed by atoms with E-state index in [0.29, 0.717) is 12.0 Å². The van der Waals surface area contributed by atoms with E-state index in [1.807, 2.05) is 0 Å². The van der Waals surface area contributed by atoms with Gasteiger partial charge in [0, 0.05) is 25.3 Å². The van der Waals surface area contributed by atoms with Crippen LogP contribution in [0.15, 0.2) is 0 Å². The summed E-state index contributed by atoms with van der Waals surface area (Å²) in [6, 6.07) is 0.530. The summed E-state index contributed by atoms with van der Waals surface area (Å²) >= 11 is 0. The van der Waals surface area contributed by atoms with Crippen LogP contribution in [0.5, 0.6) is 0 Å². The number of ether oxygens (including phenoxy) is 1. The third kappa shape index (κ3) is 5.54. The third-order valence-corrected chi connectivity index (χ3v) is 5.16. The summed E-state index contributed by atoms with van der Waals surface area (Å²) in [4.78, 5) is 2.67. The molecule has 0 aromatic rings. The number of hydrogen-bond donors (Lipinski definition) is 1. The first kappa shape index (κ1) is 20.9. The minimum absolute atomic E-state index is 0.256. The zero-order chi connectivity index (χ0) is 16.3. The predicted octanol–water partition coefficient (Wildman–Crippen LogP) is 3.93. The Morgan fingerprint density at radius 3 is 2.00 bits per heavy atom. The van der Waals surface area contributed by atoms with Crippen LogP contribution in [0.3, 0.4) is 0 Å². The van der Waals surface area contributed by atoms with Gasteiger partial charge in [0.1, 0.15) is 0 Å². The van der Waals surface area contributed by atoms with Gasteiger partial charge in [-0.15, -0.1) is 0 Å². The van der Waals surface area contributed by atoms with E-state index in [1.165, 1.54) is 19.3 Å². The maximum absolute atomic E-state index is 5.32. The predicted molar refractivity (Wildman–Crippen MR) is 94.0 cm³/mol. The van der Waals surface area contributed by atoms with Gasteiger partial charge in [0.15, 0.2) is 0 Å². The van der Waals surface area contributed by atoms with E-state index >= 15 is 0 Å². The molecule has 0 aliphatic heterocycles. The second-order valence-corrected chi connectivity index (χ2v) is 6.17. The summed E-state index contributed by atoms with van der Waals surface area (Å²) in [7, 11) is 1.80. The molecule has 128 valence electrons. The molecule has 0 heterocycles. The van der Waals surface area contributed by atoms with E-state index in [4.69, 9.17) is 4.74 Å². The lowest BCUT2D eigenvalue weighted by Crippen LogP contribution is -2.63. The second-order valence-electron chi connectivity index (χ2n) is 6.17. The van der Waals surface area contributed by atoms with Crippen molar-refractivity contribution in [3.05, 3.63) is 0 Å². The molecule has 1 N–H and O–H groups in total. The fraction of sp³-hybridized carbons (Fsp3) is 1.00. The highest BCUT2D eigenvalue weighted by Crippen LogP contribution is 2.33. The molecule has 0 aromatic carbocycles. The minimum atomic E-state index is 0.256. The fourth-order valence-corrected chi connectivity index (χ4v) is 3.88. The van der Waals surface area contributed by atoms with Gasteiger partial charge < -0.3 is 10.1 Å². The molecule has 0 spiro atoms. The SMILES string of the molecule is CCCNC(C(C)CCOC)C(CC)(CC)N(CC)CC. The molecule has 2 atom stereocenters. The molecule has 21 heavy (non-hydrogen) atoms. The summed E-state index contributed by atoms with van der Waals surface area (Å²) in [6.07, 6.45) is 4.71. The van der Waals surface area contributed by atoms with Crippen LogP contribution in [0.25, 0.3) is 0 Å². The molecule has 3 heteroatoms. The van der Waals surface area contributed by atoms with Crippen molar-refractivity contribution in [3.8, 4) is 0 Å². The van der Waals surface area contributed by atoms with Crippen LogP contribution in [0, 0.1) is 5.92 Å². The zero-order valence-electron chi connectivity index (χ0n) is 15.7. The highest BCUT2D eigenvalue weighted by Gasteiger charge is 2.41. The van der Waals surface area contributed by atoms with Crippen LogP contribution >= 0.6 is 0 Å². The molecule has 3 nitrogen and oxygen atoms in total. The average molecular weight is 301 g/mol. The van der Waals surface area contributed by atoms with E-state index < -0.39 is 0 Å². The van der Waals surface area contributed by atoms with Crippen LogP contribution in [0.4, 0.5) is 0 Å². The van der Waals surface area contributed by atoms with Crippen LogP contribution in [0.2, 0.25) is 0 Å². The van der Waals surface area contributed by atoms with Crippen molar-refractivity contribution in [3.63, 3.8) is 0 Å². The highest BCUT2D eigenvalue weighted by atomic mass is 16.5. The van der Waals surface area contributed by atoms with Gasteiger partial charge in [-0.3, -0.25) is 4.90 Å². The van der Waals surface area contributed by atoms with E-state index in [2.05, 4.69) is 51.8 Å². The van der Waals surface area contributed by atoms with Gasteiger partial charge in [-0.05, 0) is 51.2 Å². The normalized spacial score (nSPS) is 15.4. The Labute approximate surface area is 133 Å². The number of hydrogen-bond acceptors (Lipinski definition) is 3. The Kier molecular flexibility index (Phi) is 11.4. The Morgan fingerprint density at radius 2 is 1.62 bits per heavy atom. The monoisotopic (exact) mass is 300 g/mol. The average Bonchev–Trinajstić information content (AvgIpc) is 2.52. The fourth-order valence-electron chi connectivity index (χ4n) is 3.88. The van der Waals surface area contributed by atoms with Crippen LogP contribution < -0.4 is 5.32 Å². The maximum Gasteiger partial charge on any atom is 0.0465 e. The highest BCUT2D eigenvalue weighted by molar-refractivity contribution is 5.00. The molecular weight excluding hydrogens is 260 g/mol. The number of nitrogens with one attached hydrogen (secondary N) is 1. The molecule has 0 aliphatic carbocycles. The standard InChI is InChI=1S/C18H40N2O/c1-8-14-19-17(16(6)13-15-21-7)18(9-2,10-3)20(11-4)12-5/h16-17,19H,8-15H2,1-7H3. The van der Waals surface area contributed by atoms with Crippen molar-refractivity contribution in [2.75, 3.05) is 33.4 Å². The third-order valence-electron chi connectivity index (χ3n) is 5.16. The molecule has 2 unspecified atom stereocenters. The van der Waals surface area contributed by atoms with Crippen molar-refractivity contribution < 1.29 is 4.74 Å². The van der Waals surface area contributed by atoms with Crippen LogP contribution in [-0.4, -0.2) is 49.8 Å². The topological polar surface area (TPSA) is 24.5 Å². The van der Waals surface area contributed by atoms with Gasteiger partial charge in [-0.2, -0.15) is 0 Å². The van der Waals surface area contributed by atoms with Crippen molar-refractivity contribution in [2.24, 2.45) is 5.92 Å². The first-order valence-electron chi connectivity index (χ1n) is 9.05. The van der Waals surface area contributed by atoms with E-state index in [0.717, 1.165) is 32.7 Å². The van der Waals surface area contributed by atoms with E-state index in [-0.39, 0.29) is 5.54 Å². The van der Waals surface area contributed by atoms with Crippen LogP contribution in [0.1, 0.15) is 67.2 Å². The quantitative estimate of drug-likeness (QED) is 0.558. The second kappa shape index (κ2) is 11.4. The lowest BCUT2D eigenvalue weighted by Gasteiger charge is -2.50. The van der Waals surface area contributed by atoms with Crippen molar-refractivity contribution in [1.29, 1.82) is 0 Å². The first-order valence-corrected chi connectivity index (χ1v) is 9.05. The molecule has 0 aliphatic rings. The molecule has 0 fully saturated rings. The summed E-state index contributed by atoms with van der Waals surface area (Å²) in [5.74, 6) is 0.622. The van der Waals surface area contributed by atoms with Gasteiger partial charge in [-0.1, -0.05) is 41.5 Å². The Morgan fingerprint density at radius 1 is 1.05 bits per heavy atom. The maximum atomic E-state index is 5.32. The van der Waals surface area contributed by atoms with Crippen LogP contribution in [-0.2, 0) is 4.74 Å². The summed E-state index contributed by atoms with van der Waals surface area (Å²) in [5, 5.41) is 3.87. The molecule has 0 amide bonds. The molecule has 0 rings (SSSR count). The molecule has 0 saturated heterocycles. The molecule has 0 bridgehead atoms. The smallest absolute Gasteiger partial charge is 0.0465 e. The number of nitrogens with zero attached hydrogens (tertiary/aromatic N) is 1. The Bertz CT molecular complexity index is 237. The van der Waals surface area contributed by atoms with Gasteiger partial charge in [0.2, 0.25) is 0 Å². The largest absolute Gasteiger partial charge is 0.385 e.